The maximum Gasteiger partial charge on any atom is 0.245 e. The van der Waals surface area contributed by atoms with Crippen LogP contribution in [0.15, 0.2) is 4.99 Å². The number of rotatable bonds is 32. The first-order valence-electron chi connectivity index (χ1n) is 24.2. The van der Waals surface area contributed by atoms with Crippen LogP contribution < -0.4 is 65.5 Å². The van der Waals surface area contributed by atoms with Gasteiger partial charge in [0.05, 0.1) is 6.61 Å². The molecule has 1 aliphatic rings. The molecule has 0 aliphatic carbocycles. The van der Waals surface area contributed by atoms with Gasteiger partial charge in [-0.3, -0.25) is 57.7 Å². The lowest BCUT2D eigenvalue weighted by molar-refractivity contribution is -0.142. The fraction of sp³-hybridized carbons (Fsp3) is 0.733. The number of carbonyl (C=O) groups is 11. The Kier molecular flexibility index (Phi) is 27.8. The van der Waals surface area contributed by atoms with E-state index in [0.717, 1.165) is 0 Å². The number of guanidine groups is 1. The Morgan fingerprint density at radius 1 is 0.606 bits per heavy atom. The van der Waals surface area contributed by atoms with Crippen LogP contribution in [-0.2, 0) is 52.7 Å². The number of hydrogen-bond acceptors (Lipinski definition) is 13. The van der Waals surface area contributed by atoms with Crippen LogP contribution in [0.2, 0.25) is 0 Å². The summed E-state index contributed by atoms with van der Waals surface area (Å²) in [5, 5.41) is 30.9. The zero-order valence-corrected chi connectivity index (χ0v) is 42.4. The average molecular weight is 1010 g/mol. The summed E-state index contributed by atoms with van der Waals surface area (Å²) in [4.78, 5) is 150. The molecule has 0 aromatic heterocycles. The number of aliphatic hydroxyl groups excluding tert-OH is 1. The van der Waals surface area contributed by atoms with E-state index in [-0.39, 0.29) is 57.1 Å². The van der Waals surface area contributed by atoms with Gasteiger partial charge < -0.3 is 75.5 Å². The van der Waals surface area contributed by atoms with Crippen LogP contribution in [0.4, 0.5) is 0 Å². The van der Waals surface area contributed by atoms with Crippen molar-refractivity contribution < 1.29 is 57.8 Å². The second kappa shape index (κ2) is 31.6. The predicted octanol–water partition coefficient (Wildman–Crippen LogP) is -4.15. The van der Waals surface area contributed by atoms with E-state index in [1.165, 1.54) is 11.8 Å². The number of nitrogens with two attached hydrogens (primary N) is 4. The number of aliphatic imine (C=N–C) groups is 1. The quantitative estimate of drug-likeness (QED) is 0.0173. The summed E-state index contributed by atoms with van der Waals surface area (Å²) in [6.45, 7) is 12.7. The van der Waals surface area contributed by atoms with Crippen LogP contribution in [0.5, 0.6) is 0 Å². The number of hydrogen-bond donors (Lipinski definition) is 13. The van der Waals surface area contributed by atoms with Gasteiger partial charge in [-0.05, 0) is 63.2 Å². The van der Waals surface area contributed by atoms with Crippen LogP contribution in [0.25, 0.3) is 0 Å². The first-order valence-corrected chi connectivity index (χ1v) is 24.2. The maximum atomic E-state index is 14.2. The molecule has 1 heterocycles. The molecule has 1 saturated heterocycles. The van der Waals surface area contributed by atoms with Crippen LogP contribution in [-0.4, -0.2) is 156 Å². The van der Waals surface area contributed by atoms with Gasteiger partial charge in [-0.25, -0.2) is 0 Å². The normalized spacial score (nSPS) is 17.0. The molecule has 402 valence electrons. The summed E-state index contributed by atoms with van der Waals surface area (Å²) in [5.41, 5.74) is 21.6. The van der Waals surface area contributed by atoms with Gasteiger partial charge in [-0.1, -0.05) is 54.4 Å². The van der Waals surface area contributed by atoms with Crippen LogP contribution >= 0.6 is 0 Å². The van der Waals surface area contributed by atoms with Gasteiger partial charge in [-0.2, -0.15) is 0 Å². The molecule has 26 nitrogen and oxygen atoms in total. The second-order valence-corrected chi connectivity index (χ2v) is 18.1. The first kappa shape index (κ1) is 62.4. The number of amides is 11. The smallest absolute Gasteiger partial charge is 0.245 e. The van der Waals surface area contributed by atoms with Gasteiger partial charge in [0.15, 0.2) is 5.96 Å². The van der Waals surface area contributed by atoms with Crippen molar-refractivity contribution >= 4 is 70.9 Å². The topological polar surface area (TPSA) is 424 Å². The van der Waals surface area contributed by atoms with E-state index in [2.05, 4.69) is 47.5 Å². The third-order valence-electron chi connectivity index (χ3n) is 12.1. The molecular weight excluding hydrogens is 929 g/mol. The number of aliphatic hydroxyl groups is 1. The summed E-state index contributed by atoms with van der Waals surface area (Å²) in [6, 6.07) is -10.4. The number of likely N-dealkylation sites (N-methyl/N-ethyl adjacent to an activating group) is 1. The van der Waals surface area contributed by atoms with Gasteiger partial charge in [0.2, 0.25) is 65.0 Å². The molecule has 0 bridgehead atoms. The van der Waals surface area contributed by atoms with E-state index in [9.17, 15) is 57.8 Å². The largest absolute Gasteiger partial charge is 0.394 e. The minimum absolute atomic E-state index is 0.0587. The molecule has 71 heavy (non-hydrogen) atoms. The molecule has 0 aromatic rings. The fourth-order valence-electron chi connectivity index (χ4n) is 7.59. The molecule has 0 spiro atoms. The van der Waals surface area contributed by atoms with Gasteiger partial charge in [-0.15, -0.1) is 0 Å². The molecule has 0 saturated carbocycles. The molecule has 26 heteroatoms. The Morgan fingerprint density at radius 2 is 1.06 bits per heavy atom. The van der Waals surface area contributed by atoms with E-state index in [4.69, 9.17) is 22.9 Å². The molecular formula is C45H80N14O12. The molecule has 11 amide bonds. The fourth-order valence-corrected chi connectivity index (χ4v) is 7.59. The molecule has 0 aromatic carbocycles. The zero-order chi connectivity index (χ0) is 54.1. The molecule has 1 fully saturated rings. The SMILES string of the molecule is CCNC(=O)[C@@H]1CCCN1C(=O)[C@H](CCCN=C(N)N)NC(=O)[C@@H](NC(=O)[C@H](CCC(N)=O)NC(=O)[C@H](CO)NC(=O)[C@H](NC(=O)[C@@H](NC(=O)[C@@H](CCC(N)=O)NC(C)=O)C(C)C)[C@H](C)CC)[C@@H](C)CC. The zero-order valence-electron chi connectivity index (χ0n) is 42.4. The minimum Gasteiger partial charge on any atom is -0.394 e. The lowest BCUT2D eigenvalue weighted by Gasteiger charge is -2.31. The molecule has 17 N–H and O–H groups in total. The summed E-state index contributed by atoms with van der Waals surface area (Å²) < 4.78 is 0. The summed E-state index contributed by atoms with van der Waals surface area (Å²) >= 11 is 0. The highest BCUT2D eigenvalue weighted by atomic mass is 16.3. The van der Waals surface area contributed by atoms with Crippen molar-refractivity contribution in [3.63, 3.8) is 0 Å². The van der Waals surface area contributed by atoms with Gasteiger partial charge in [0.25, 0.3) is 0 Å². The number of primary amides is 2. The molecule has 0 unspecified atom stereocenters. The van der Waals surface area contributed by atoms with E-state index in [1.807, 2.05) is 0 Å². The predicted molar refractivity (Wildman–Crippen MR) is 260 cm³/mol. The van der Waals surface area contributed by atoms with Gasteiger partial charge >= 0.3 is 0 Å². The van der Waals surface area contributed by atoms with Crippen molar-refractivity contribution in [2.45, 2.75) is 168 Å². The molecule has 10 atom stereocenters. The van der Waals surface area contributed by atoms with Gasteiger partial charge in [0, 0.05) is 39.4 Å². The summed E-state index contributed by atoms with van der Waals surface area (Å²) in [5.74, 6) is -10.2. The lowest BCUT2D eigenvalue weighted by Crippen LogP contribution is -2.62. The van der Waals surface area contributed by atoms with Crippen molar-refractivity contribution in [3.05, 3.63) is 0 Å². The third-order valence-corrected chi connectivity index (χ3v) is 12.1. The lowest BCUT2D eigenvalue weighted by atomic mass is 9.96. The standard InChI is InChI=1S/C45H80N14O12/c1-9-24(6)35(42(69)54-29(14-12-20-51-45(48)49)44(71)59-21-13-15-31(59)40(67)50-11-3)57-38(65)28(17-19-33(47)63)53-39(66)30(22-60)55-43(70)36(25(7)10-2)58-41(68)34(23(4)5)56-37(64)27(52-26(8)61)16-18-32(46)62/h23-25,27-31,34-36,60H,9-22H2,1-8H3,(H2,46,62)(H2,47,63)(H,50,67)(H,52,61)(H,53,66)(H,54,69)(H,55,70)(H,56,64)(H,57,65)(H,58,68)(H4,48,49,51)/t24-,25+,27+,28-,29-,30-,31-,34-,35-,36+/m0/s1. The maximum absolute atomic E-state index is 14.2. The Labute approximate surface area is 415 Å². The Morgan fingerprint density at radius 3 is 1.51 bits per heavy atom. The van der Waals surface area contributed by atoms with Gasteiger partial charge in [0.1, 0.15) is 48.3 Å². The molecule has 1 aliphatic heterocycles. The number of nitrogens with one attached hydrogen (secondary N) is 8. The molecule has 0 radical (unpaired) electrons. The minimum atomic E-state index is -1.73. The molecule has 1 rings (SSSR count). The van der Waals surface area contributed by atoms with Crippen molar-refractivity contribution in [2.75, 3.05) is 26.2 Å². The highest BCUT2D eigenvalue weighted by Gasteiger charge is 2.40. The number of nitrogens with zero attached hydrogens (tertiary/aromatic N) is 2. The van der Waals surface area contributed by atoms with Crippen molar-refractivity contribution in [2.24, 2.45) is 45.7 Å². The van der Waals surface area contributed by atoms with Crippen LogP contribution in [0.3, 0.4) is 0 Å². The summed E-state index contributed by atoms with van der Waals surface area (Å²) in [6.07, 6.45) is 0.753. The highest BCUT2D eigenvalue weighted by molar-refractivity contribution is 5.98. The summed E-state index contributed by atoms with van der Waals surface area (Å²) in [7, 11) is 0. The van der Waals surface area contributed by atoms with E-state index in [0.29, 0.717) is 32.2 Å². The van der Waals surface area contributed by atoms with Crippen molar-refractivity contribution in [1.29, 1.82) is 0 Å². The second-order valence-electron chi connectivity index (χ2n) is 18.1. The Balaban J connectivity index is 3.41. The Hall–Kier alpha value is -6.60. The average Bonchev–Trinajstić information content (AvgIpc) is 3.81. The third kappa shape index (κ3) is 21.5. The van der Waals surface area contributed by atoms with E-state index < -0.39 is 138 Å². The van der Waals surface area contributed by atoms with Crippen molar-refractivity contribution in [3.8, 4) is 0 Å². The number of carbonyl (C=O) groups excluding carboxylic acids is 11. The monoisotopic (exact) mass is 1010 g/mol. The first-order chi connectivity index (χ1) is 33.3. The Bertz CT molecular complexity index is 1900. The van der Waals surface area contributed by atoms with E-state index in [1.54, 1.807) is 48.5 Å². The highest BCUT2D eigenvalue weighted by Crippen LogP contribution is 2.21. The van der Waals surface area contributed by atoms with Crippen LogP contribution in [0, 0.1) is 17.8 Å². The van der Waals surface area contributed by atoms with E-state index >= 15 is 0 Å². The number of likely N-dealkylation sites (tertiary alicyclic amines) is 1. The van der Waals surface area contributed by atoms with Crippen molar-refractivity contribution in [1.82, 2.24) is 47.4 Å². The van der Waals surface area contributed by atoms with Crippen LogP contribution in [0.1, 0.15) is 120 Å².